The zero-order valence-electron chi connectivity index (χ0n) is 10.5. The zero-order valence-corrected chi connectivity index (χ0v) is 12.0. The maximum atomic E-state index is 5.52. The molecule has 1 aromatic carbocycles. The van der Waals surface area contributed by atoms with Gasteiger partial charge in [0.25, 0.3) is 0 Å². The summed E-state index contributed by atoms with van der Waals surface area (Å²) >= 11 is 3.48. The highest BCUT2D eigenvalue weighted by Gasteiger charge is 2.10. The van der Waals surface area contributed by atoms with Crippen LogP contribution in [0, 0.1) is 0 Å². The highest BCUT2D eigenvalue weighted by Crippen LogP contribution is 2.29. The van der Waals surface area contributed by atoms with Gasteiger partial charge in [-0.2, -0.15) is 0 Å². The van der Waals surface area contributed by atoms with Crippen LogP contribution in [0.15, 0.2) is 16.6 Å². The number of ether oxygens (including phenoxy) is 2. The van der Waals surface area contributed by atoms with Crippen LogP contribution in [-0.2, 0) is 17.8 Å². The van der Waals surface area contributed by atoms with Gasteiger partial charge >= 0.3 is 0 Å². The number of halogens is 1. The number of hydrogen-bond acceptors (Lipinski definition) is 3. The topological polar surface area (TPSA) is 44.5 Å². The summed E-state index contributed by atoms with van der Waals surface area (Å²) < 4.78 is 11.7. The van der Waals surface area contributed by atoms with E-state index in [0.29, 0.717) is 6.61 Å². The van der Waals surface area contributed by atoms with Crippen molar-refractivity contribution in [2.45, 2.75) is 25.9 Å². The number of methoxy groups -OCH3 is 2. The van der Waals surface area contributed by atoms with Crippen molar-refractivity contribution >= 4 is 15.9 Å². The molecule has 3 nitrogen and oxygen atoms in total. The second-order valence-electron chi connectivity index (χ2n) is 3.92. The quantitative estimate of drug-likeness (QED) is 0.788. The fraction of sp³-hybridized carbons (Fsp3) is 0.538. The first-order valence-electron chi connectivity index (χ1n) is 5.77. The first-order valence-corrected chi connectivity index (χ1v) is 6.56. The highest BCUT2D eigenvalue weighted by molar-refractivity contribution is 9.10. The monoisotopic (exact) mass is 301 g/mol. The first kappa shape index (κ1) is 14.5. The van der Waals surface area contributed by atoms with E-state index in [1.54, 1.807) is 14.2 Å². The average molecular weight is 302 g/mol. The van der Waals surface area contributed by atoms with Gasteiger partial charge in [-0.05, 0) is 49.1 Å². The third-order valence-corrected chi connectivity index (χ3v) is 3.12. The fourth-order valence-electron chi connectivity index (χ4n) is 1.86. The maximum Gasteiger partial charge on any atom is 0.123 e. The van der Waals surface area contributed by atoms with Crippen LogP contribution in [-0.4, -0.2) is 20.8 Å². The lowest BCUT2D eigenvalue weighted by Crippen LogP contribution is -2.03. The lowest BCUT2D eigenvalue weighted by Gasteiger charge is -2.14. The van der Waals surface area contributed by atoms with Crippen LogP contribution in [0.3, 0.4) is 0 Å². The molecule has 0 aliphatic heterocycles. The van der Waals surface area contributed by atoms with Gasteiger partial charge in [0, 0.05) is 11.6 Å². The molecule has 96 valence electrons. The summed E-state index contributed by atoms with van der Waals surface area (Å²) in [6.07, 6.45) is 3.09. The molecular weight excluding hydrogens is 282 g/mol. The van der Waals surface area contributed by atoms with Gasteiger partial charge < -0.3 is 15.2 Å². The minimum absolute atomic E-state index is 0.605. The Hall–Kier alpha value is -0.580. The molecule has 0 fully saturated rings. The van der Waals surface area contributed by atoms with Crippen LogP contribution in [0.25, 0.3) is 0 Å². The number of benzene rings is 1. The molecule has 0 atom stereocenters. The maximum absolute atomic E-state index is 5.52. The minimum atomic E-state index is 0.605. The van der Waals surface area contributed by atoms with E-state index in [4.69, 9.17) is 15.2 Å². The Morgan fingerprint density at radius 1 is 1.24 bits per heavy atom. The Morgan fingerprint density at radius 2 is 2.00 bits per heavy atom. The average Bonchev–Trinajstić information content (AvgIpc) is 2.31. The van der Waals surface area contributed by atoms with E-state index < -0.39 is 0 Å². The van der Waals surface area contributed by atoms with E-state index >= 15 is 0 Å². The number of rotatable bonds is 7. The second kappa shape index (κ2) is 7.69. The molecule has 0 saturated heterocycles. The van der Waals surface area contributed by atoms with E-state index in [2.05, 4.69) is 22.0 Å². The van der Waals surface area contributed by atoms with Crippen LogP contribution < -0.4 is 10.5 Å². The van der Waals surface area contributed by atoms with Gasteiger partial charge in [0.1, 0.15) is 5.75 Å². The van der Waals surface area contributed by atoms with Crippen LogP contribution in [0.4, 0.5) is 0 Å². The normalized spacial score (nSPS) is 10.6. The molecule has 0 aromatic heterocycles. The Kier molecular flexibility index (Phi) is 6.55. The Morgan fingerprint density at radius 3 is 2.59 bits per heavy atom. The molecule has 0 amide bonds. The summed E-state index contributed by atoms with van der Waals surface area (Å²) in [6.45, 7) is 1.34. The molecule has 0 spiro atoms. The van der Waals surface area contributed by atoms with Crippen LogP contribution in [0.1, 0.15) is 24.0 Å². The van der Waals surface area contributed by atoms with Gasteiger partial charge in [-0.25, -0.2) is 0 Å². The third kappa shape index (κ3) is 4.30. The molecule has 0 aliphatic carbocycles. The molecule has 2 N–H and O–H groups in total. The van der Waals surface area contributed by atoms with Crippen molar-refractivity contribution in [2.24, 2.45) is 5.73 Å². The van der Waals surface area contributed by atoms with Crippen molar-refractivity contribution in [1.29, 1.82) is 0 Å². The fourth-order valence-corrected chi connectivity index (χ4v) is 2.35. The van der Waals surface area contributed by atoms with Gasteiger partial charge in [-0.3, -0.25) is 0 Å². The molecule has 17 heavy (non-hydrogen) atoms. The number of nitrogens with two attached hydrogens (primary N) is 1. The van der Waals surface area contributed by atoms with Gasteiger partial charge in [0.15, 0.2) is 0 Å². The third-order valence-electron chi connectivity index (χ3n) is 2.67. The molecule has 0 bridgehead atoms. The molecule has 0 aliphatic rings. The largest absolute Gasteiger partial charge is 0.496 e. The number of hydrogen-bond donors (Lipinski definition) is 1. The van der Waals surface area contributed by atoms with Gasteiger partial charge in [-0.1, -0.05) is 15.9 Å². The van der Waals surface area contributed by atoms with Crippen molar-refractivity contribution in [2.75, 3.05) is 20.8 Å². The summed E-state index contributed by atoms with van der Waals surface area (Å²) in [4.78, 5) is 0. The summed E-state index contributed by atoms with van der Waals surface area (Å²) in [6, 6.07) is 4.08. The van der Waals surface area contributed by atoms with Gasteiger partial charge in [0.05, 0.1) is 13.7 Å². The smallest absolute Gasteiger partial charge is 0.123 e. The van der Waals surface area contributed by atoms with E-state index in [9.17, 15) is 0 Å². The Bertz CT molecular complexity index is 356. The summed E-state index contributed by atoms with van der Waals surface area (Å²) in [5.74, 6) is 0.920. The molecule has 0 saturated carbocycles. The molecule has 0 unspecified atom stereocenters. The van der Waals surface area contributed by atoms with Crippen LogP contribution >= 0.6 is 15.9 Å². The molecule has 4 heteroatoms. The molecule has 1 aromatic rings. The highest BCUT2D eigenvalue weighted by atomic mass is 79.9. The molecule has 1 rings (SSSR count). The minimum Gasteiger partial charge on any atom is -0.496 e. The zero-order chi connectivity index (χ0) is 12.7. The summed E-state index contributed by atoms with van der Waals surface area (Å²) in [5, 5.41) is 0. The first-order chi connectivity index (χ1) is 8.22. The van der Waals surface area contributed by atoms with Crippen molar-refractivity contribution in [3.8, 4) is 5.75 Å². The van der Waals surface area contributed by atoms with Gasteiger partial charge in [-0.15, -0.1) is 0 Å². The SMILES string of the molecule is COCc1cc(Br)cc(OC)c1CCCCN. The lowest BCUT2D eigenvalue weighted by atomic mass is 10.0. The van der Waals surface area contributed by atoms with E-state index in [0.717, 1.165) is 36.0 Å². The van der Waals surface area contributed by atoms with Crippen molar-refractivity contribution < 1.29 is 9.47 Å². The summed E-state index contributed by atoms with van der Waals surface area (Å²) in [5.41, 5.74) is 7.93. The Labute approximate surface area is 111 Å². The molecule has 0 heterocycles. The predicted molar refractivity (Wildman–Crippen MR) is 73.4 cm³/mol. The van der Waals surface area contributed by atoms with Gasteiger partial charge in [0.2, 0.25) is 0 Å². The van der Waals surface area contributed by atoms with E-state index in [-0.39, 0.29) is 0 Å². The van der Waals surface area contributed by atoms with Crippen LogP contribution in [0.2, 0.25) is 0 Å². The van der Waals surface area contributed by atoms with Crippen molar-refractivity contribution in [1.82, 2.24) is 0 Å². The summed E-state index contributed by atoms with van der Waals surface area (Å²) in [7, 11) is 3.40. The Balaban J connectivity index is 2.94. The molecule has 0 radical (unpaired) electrons. The predicted octanol–water partition coefficient (Wildman–Crippen LogP) is 2.89. The lowest BCUT2D eigenvalue weighted by molar-refractivity contribution is 0.183. The van der Waals surface area contributed by atoms with Crippen LogP contribution in [0.5, 0.6) is 5.75 Å². The van der Waals surface area contributed by atoms with E-state index in [1.807, 2.05) is 6.07 Å². The standard InChI is InChI=1S/C13H20BrNO2/c1-16-9-10-7-11(14)8-13(17-2)12(10)5-3-4-6-15/h7-8H,3-6,9,15H2,1-2H3. The molecular formula is C13H20BrNO2. The van der Waals surface area contributed by atoms with Crippen molar-refractivity contribution in [3.05, 3.63) is 27.7 Å². The second-order valence-corrected chi connectivity index (χ2v) is 4.84. The van der Waals surface area contributed by atoms with Crippen molar-refractivity contribution in [3.63, 3.8) is 0 Å². The van der Waals surface area contributed by atoms with E-state index in [1.165, 1.54) is 11.1 Å². The number of unbranched alkanes of at least 4 members (excludes halogenated alkanes) is 1.